The van der Waals surface area contributed by atoms with Gasteiger partial charge in [-0.15, -0.1) is 0 Å². The lowest BCUT2D eigenvalue weighted by molar-refractivity contribution is 0.770. The van der Waals surface area contributed by atoms with Crippen LogP contribution in [0.25, 0.3) is 67.1 Å². The van der Waals surface area contributed by atoms with Crippen molar-refractivity contribution in [1.29, 1.82) is 0 Å². The number of nitrogens with zero attached hydrogens (tertiary/aromatic N) is 10. The first-order valence-corrected chi connectivity index (χ1v) is 16.2. The SMILES string of the molecule is Cn1ccc(-c2nc(N)c(Br)nc2-c2cc(Cl)c3ncccc3c2)n1.Cn1ccc(-c2nc(N)cnc2-c2cc(Cl)c3ncccc3c2)n1. The van der Waals surface area contributed by atoms with Crippen LogP contribution >= 0.6 is 39.1 Å². The fourth-order valence-corrected chi connectivity index (χ4v) is 6.07. The van der Waals surface area contributed by atoms with E-state index in [1.807, 2.05) is 87.2 Å². The molecule has 0 saturated carbocycles. The molecule has 0 amide bonds. The van der Waals surface area contributed by atoms with E-state index in [1.54, 1.807) is 21.8 Å². The van der Waals surface area contributed by atoms with E-state index in [4.69, 9.17) is 34.7 Å². The van der Waals surface area contributed by atoms with Gasteiger partial charge in [-0.05, 0) is 64.5 Å². The Morgan fingerprint density at radius 3 is 1.69 bits per heavy atom. The Kier molecular flexibility index (Phi) is 8.63. The second kappa shape index (κ2) is 13.2. The van der Waals surface area contributed by atoms with Crippen LogP contribution in [0.4, 0.5) is 11.6 Å². The average molecular weight is 752 g/mol. The molecule has 12 nitrogen and oxygen atoms in total. The number of aryl methyl sites for hydroxylation is 2. The maximum Gasteiger partial charge on any atom is 0.157 e. The highest BCUT2D eigenvalue weighted by molar-refractivity contribution is 9.10. The molecule has 8 aromatic rings. The molecule has 0 spiro atoms. The molecule has 6 heterocycles. The van der Waals surface area contributed by atoms with Gasteiger partial charge >= 0.3 is 0 Å². The summed E-state index contributed by atoms with van der Waals surface area (Å²) in [5.74, 6) is 0.644. The van der Waals surface area contributed by atoms with Gasteiger partial charge in [0, 0.05) is 60.8 Å². The molecule has 0 bridgehead atoms. The topological polar surface area (TPSA) is 165 Å². The van der Waals surface area contributed by atoms with E-state index in [0.717, 1.165) is 32.9 Å². The van der Waals surface area contributed by atoms with Gasteiger partial charge in [-0.1, -0.05) is 35.3 Å². The van der Waals surface area contributed by atoms with E-state index >= 15 is 0 Å². The Morgan fingerprint density at radius 1 is 0.633 bits per heavy atom. The summed E-state index contributed by atoms with van der Waals surface area (Å²) in [6.45, 7) is 0. The lowest BCUT2D eigenvalue weighted by Crippen LogP contribution is -2.01. The average Bonchev–Trinajstić information content (AvgIpc) is 3.74. The largest absolute Gasteiger partial charge is 0.382 e. The van der Waals surface area contributed by atoms with Crippen molar-refractivity contribution < 1.29 is 0 Å². The van der Waals surface area contributed by atoms with Crippen LogP contribution in [0.2, 0.25) is 10.0 Å². The molecule has 0 unspecified atom stereocenters. The summed E-state index contributed by atoms with van der Waals surface area (Å²) in [4.78, 5) is 26.6. The third kappa shape index (κ3) is 6.51. The molecule has 0 fully saturated rings. The number of fused-ring (bicyclic) bond motifs is 2. The van der Waals surface area contributed by atoms with Gasteiger partial charge in [0.1, 0.15) is 33.2 Å². The smallest absolute Gasteiger partial charge is 0.157 e. The van der Waals surface area contributed by atoms with Crippen LogP contribution in [0.15, 0.2) is 96.3 Å². The van der Waals surface area contributed by atoms with Gasteiger partial charge in [-0.3, -0.25) is 24.3 Å². The number of halogens is 3. The molecule has 242 valence electrons. The number of rotatable bonds is 4. The molecule has 4 N–H and O–H groups in total. The predicted octanol–water partition coefficient (Wildman–Crippen LogP) is 7.42. The number of hydrogen-bond acceptors (Lipinski definition) is 10. The summed E-state index contributed by atoms with van der Waals surface area (Å²) in [6, 6.07) is 19.0. The van der Waals surface area contributed by atoms with Gasteiger partial charge in [-0.2, -0.15) is 10.2 Å². The first-order valence-electron chi connectivity index (χ1n) is 14.7. The number of nitrogen functional groups attached to an aromatic ring is 2. The Bertz CT molecular complexity index is 2510. The summed E-state index contributed by atoms with van der Waals surface area (Å²) in [7, 11) is 3.69. The highest BCUT2D eigenvalue weighted by Crippen LogP contribution is 2.36. The van der Waals surface area contributed by atoms with Gasteiger partial charge in [-0.25, -0.2) is 15.0 Å². The number of aromatic nitrogens is 10. The lowest BCUT2D eigenvalue weighted by atomic mass is 10.0. The van der Waals surface area contributed by atoms with Crippen molar-refractivity contribution in [2.75, 3.05) is 11.5 Å². The highest BCUT2D eigenvalue weighted by Gasteiger charge is 2.18. The van der Waals surface area contributed by atoms with E-state index in [0.29, 0.717) is 60.4 Å². The molecule has 15 heteroatoms. The fourth-order valence-electron chi connectivity index (χ4n) is 5.25. The fraction of sp³-hybridized carbons (Fsp3) is 0.0588. The van der Waals surface area contributed by atoms with Crippen LogP contribution in [0.1, 0.15) is 0 Å². The van der Waals surface area contributed by atoms with Gasteiger partial charge in [0.15, 0.2) is 5.82 Å². The standard InChI is InChI=1S/C17H12BrClN6.C17H13ClN6/c1-25-6-4-12(24-25)15-14(22-16(18)17(20)23-15)10-7-9-3-2-5-21-13(9)11(19)8-10;1-24-6-4-13(23-24)17-16(21-9-14(19)22-17)11-7-10-3-2-5-20-15(10)12(18)8-11/h2-8H,1H3,(H2,20,23);2-9H,1H3,(H2,19,22). The van der Waals surface area contributed by atoms with Crippen LogP contribution in [0.3, 0.4) is 0 Å². The van der Waals surface area contributed by atoms with E-state index in [-0.39, 0.29) is 0 Å². The Labute approximate surface area is 298 Å². The number of hydrogen-bond donors (Lipinski definition) is 2. The van der Waals surface area contributed by atoms with Crippen molar-refractivity contribution in [3.05, 3.63) is 106 Å². The molecule has 6 aromatic heterocycles. The first kappa shape index (κ1) is 32.1. The van der Waals surface area contributed by atoms with Crippen LogP contribution in [-0.2, 0) is 14.1 Å². The van der Waals surface area contributed by atoms with Gasteiger partial charge in [0.25, 0.3) is 0 Å². The van der Waals surface area contributed by atoms with Crippen LogP contribution in [0, 0.1) is 0 Å². The third-order valence-electron chi connectivity index (χ3n) is 7.45. The third-order valence-corrected chi connectivity index (χ3v) is 8.60. The van der Waals surface area contributed by atoms with Crippen molar-refractivity contribution in [3.63, 3.8) is 0 Å². The molecule has 0 saturated heterocycles. The van der Waals surface area contributed by atoms with Crippen molar-refractivity contribution in [3.8, 4) is 45.3 Å². The summed E-state index contributed by atoms with van der Waals surface area (Å²) >= 11 is 16.2. The number of anilines is 2. The normalized spacial score (nSPS) is 11.1. The monoisotopic (exact) mass is 750 g/mol. The first-order chi connectivity index (χ1) is 23.6. The quantitative estimate of drug-likeness (QED) is 0.185. The van der Waals surface area contributed by atoms with Crippen molar-refractivity contribution in [2.45, 2.75) is 0 Å². The zero-order valence-electron chi connectivity index (χ0n) is 25.9. The van der Waals surface area contributed by atoms with Gasteiger partial charge in [0.05, 0.1) is 38.7 Å². The molecule has 0 radical (unpaired) electrons. The molecule has 49 heavy (non-hydrogen) atoms. The zero-order valence-corrected chi connectivity index (χ0v) is 29.0. The molecule has 0 aliphatic carbocycles. The molecule has 0 aliphatic rings. The van der Waals surface area contributed by atoms with Crippen LogP contribution in [-0.4, -0.2) is 49.5 Å². The zero-order chi connectivity index (χ0) is 34.2. The Hall–Kier alpha value is -5.50. The molecule has 0 aliphatic heterocycles. The summed E-state index contributed by atoms with van der Waals surface area (Å²) in [5.41, 5.74) is 18.9. The highest BCUT2D eigenvalue weighted by atomic mass is 79.9. The summed E-state index contributed by atoms with van der Waals surface area (Å²) < 4.78 is 3.89. The Balaban J connectivity index is 0.000000154. The van der Waals surface area contributed by atoms with Gasteiger partial charge < -0.3 is 11.5 Å². The predicted molar refractivity (Wildman–Crippen MR) is 196 cm³/mol. The molecular formula is C34H25BrCl2N12. The number of nitrogens with two attached hydrogens (primary N) is 2. The van der Waals surface area contributed by atoms with Crippen molar-refractivity contribution in [1.82, 2.24) is 49.5 Å². The number of benzene rings is 2. The maximum atomic E-state index is 6.42. The van der Waals surface area contributed by atoms with Gasteiger partial charge in [0.2, 0.25) is 0 Å². The van der Waals surface area contributed by atoms with E-state index in [1.165, 1.54) is 6.20 Å². The summed E-state index contributed by atoms with van der Waals surface area (Å²) in [5, 5.41) is 11.8. The molecule has 0 atom stereocenters. The second-order valence-electron chi connectivity index (χ2n) is 10.9. The van der Waals surface area contributed by atoms with Crippen LogP contribution in [0.5, 0.6) is 0 Å². The molecular weight excluding hydrogens is 727 g/mol. The van der Waals surface area contributed by atoms with Crippen molar-refractivity contribution >= 4 is 72.6 Å². The molecule has 8 rings (SSSR count). The number of pyridine rings is 2. The van der Waals surface area contributed by atoms with Crippen molar-refractivity contribution in [2.24, 2.45) is 14.1 Å². The van der Waals surface area contributed by atoms with E-state index in [9.17, 15) is 0 Å². The summed E-state index contributed by atoms with van der Waals surface area (Å²) in [6.07, 6.45) is 8.66. The minimum Gasteiger partial charge on any atom is -0.382 e. The maximum absolute atomic E-state index is 6.42. The minimum atomic E-state index is 0.304. The lowest BCUT2D eigenvalue weighted by Gasteiger charge is -2.10. The minimum absolute atomic E-state index is 0.304. The van der Waals surface area contributed by atoms with E-state index < -0.39 is 0 Å². The Morgan fingerprint density at radius 2 is 1.16 bits per heavy atom. The second-order valence-corrected chi connectivity index (χ2v) is 12.5. The molecule has 2 aromatic carbocycles. The van der Waals surface area contributed by atoms with Crippen LogP contribution < -0.4 is 11.5 Å². The van der Waals surface area contributed by atoms with E-state index in [2.05, 4.69) is 56.0 Å².